The van der Waals surface area contributed by atoms with Crippen molar-refractivity contribution in [1.29, 1.82) is 0 Å². The molecule has 1 spiro atoms. The van der Waals surface area contributed by atoms with Crippen LogP contribution in [0.3, 0.4) is 0 Å². The summed E-state index contributed by atoms with van der Waals surface area (Å²) in [7, 11) is 0. The van der Waals surface area contributed by atoms with Crippen LogP contribution in [0.5, 0.6) is 11.5 Å². The number of fused-ring (bicyclic) bond motifs is 22. The van der Waals surface area contributed by atoms with Crippen molar-refractivity contribution in [2.75, 3.05) is 0 Å². The van der Waals surface area contributed by atoms with Gasteiger partial charge in [-0.05, 0) is 114 Å². The normalized spacial score (nSPS) is 14.6. The maximum Gasteiger partial charge on any atom is 0.256 e. The maximum absolute atomic E-state index is 7.48. The van der Waals surface area contributed by atoms with E-state index in [0.717, 1.165) is 11.5 Å². The van der Waals surface area contributed by atoms with E-state index in [9.17, 15) is 0 Å². The lowest BCUT2D eigenvalue weighted by Gasteiger charge is -2.35. The van der Waals surface area contributed by atoms with Crippen molar-refractivity contribution in [3.8, 4) is 45.1 Å². The lowest BCUT2D eigenvalue weighted by Crippen LogP contribution is -2.58. The van der Waals surface area contributed by atoms with Crippen molar-refractivity contribution in [3.05, 3.63) is 209 Å². The number of rotatable bonds is 1. The van der Waals surface area contributed by atoms with E-state index in [2.05, 4.69) is 227 Å². The quantitative estimate of drug-likeness (QED) is 0.151. The molecule has 4 heterocycles. The van der Waals surface area contributed by atoms with Gasteiger partial charge in [0.25, 0.3) is 6.71 Å². The first-order valence-electron chi connectivity index (χ1n) is 24.0. The Morgan fingerprint density at radius 2 is 1.04 bits per heavy atom. The van der Waals surface area contributed by atoms with Crippen LogP contribution in [0.15, 0.2) is 176 Å². The summed E-state index contributed by atoms with van der Waals surface area (Å²) >= 11 is 0. The molecule has 0 unspecified atom stereocenters. The number of nitrogens with zero attached hydrogens (tertiary/aromatic N) is 2. The van der Waals surface area contributed by atoms with E-state index in [1.807, 2.05) is 0 Å². The minimum atomic E-state index is -0.455. The zero-order valence-corrected chi connectivity index (χ0v) is 38.6. The van der Waals surface area contributed by atoms with Gasteiger partial charge in [0.15, 0.2) is 0 Å². The van der Waals surface area contributed by atoms with Crippen LogP contribution < -0.4 is 21.1 Å². The molecule has 2 aliphatic heterocycles. The van der Waals surface area contributed by atoms with Crippen LogP contribution in [0.2, 0.25) is 0 Å². The Morgan fingerprint density at radius 1 is 0.463 bits per heavy atom. The highest BCUT2D eigenvalue weighted by Crippen LogP contribution is 2.64. The molecule has 0 amide bonds. The predicted molar refractivity (Wildman–Crippen MR) is 280 cm³/mol. The average molecular weight is 859 g/mol. The summed E-state index contributed by atoms with van der Waals surface area (Å²) in [5, 5.41) is 5.10. The number of aromatic nitrogens is 2. The molecule has 318 valence electrons. The first-order valence-corrected chi connectivity index (χ1v) is 24.0. The molecule has 0 N–H and O–H groups in total. The second-order valence-electron chi connectivity index (χ2n) is 21.6. The Labute approximate surface area is 391 Å². The zero-order chi connectivity index (χ0) is 44.9. The minimum Gasteiger partial charge on any atom is -0.458 e. The molecule has 0 fully saturated rings. The summed E-state index contributed by atoms with van der Waals surface area (Å²) in [5.74, 6) is 1.91. The second kappa shape index (κ2) is 12.5. The molecule has 0 radical (unpaired) electrons. The second-order valence-corrected chi connectivity index (χ2v) is 21.6. The molecular weight excluding hydrogens is 812 g/mol. The third kappa shape index (κ3) is 4.54. The summed E-state index contributed by atoms with van der Waals surface area (Å²) in [4.78, 5) is 0. The van der Waals surface area contributed by atoms with E-state index in [0.29, 0.717) is 0 Å². The van der Waals surface area contributed by atoms with Crippen molar-refractivity contribution in [3.63, 3.8) is 0 Å². The van der Waals surface area contributed by atoms with Gasteiger partial charge in [-0.1, -0.05) is 181 Å². The molecule has 9 aromatic carbocycles. The molecule has 67 heavy (non-hydrogen) atoms. The Kier molecular flexibility index (Phi) is 7.00. The Hall–Kier alpha value is -7.56. The highest BCUT2D eigenvalue weighted by atomic mass is 16.5. The van der Waals surface area contributed by atoms with Gasteiger partial charge in [0, 0.05) is 38.5 Å². The van der Waals surface area contributed by atoms with E-state index in [1.165, 1.54) is 127 Å². The monoisotopic (exact) mass is 858 g/mol. The standard InChI is InChI=1S/C63H47BN2O/c1-61(2,3)36-32-37(62(4,5)6)34-38(33-36)65-51-26-15-10-20-41(51)44-35-50-59-56(58(44)65)43-22-11-16-27-52(43)66(59)53-28-17-29-54-57(53)64(50)49-31-30-48-55(60(49)67-54)42-21-9-14-25-47(42)63(48)45-23-12-7-18-39(45)40-19-8-13-24-46(40)63/h7-35H,1-6H3. The van der Waals surface area contributed by atoms with E-state index >= 15 is 0 Å². The summed E-state index contributed by atoms with van der Waals surface area (Å²) in [6, 6.07) is 66.9. The Balaban J connectivity index is 1.08. The average Bonchev–Trinajstić information content (AvgIpc) is 4.05. The Bertz CT molecular complexity index is 3980. The van der Waals surface area contributed by atoms with Gasteiger partial charge in [0.05, 0.1) is 27.5 Å². The van der Waals surface area contributed by atoms with Crippen molar-refractivity contribution in [2.24, 2.45) is 0 Å². The molecule has 15 rings (SSSR count). The van der Waals surface area contributed by atoms with Crippen molar-refractivity contribution in [2.45, 2.75) is 57.8 Å². The van der Waals surface area contributed by atoms with E-state index < -0.39 is 5.41 Å². The summed E-state index contributed by atoms with van der Waals surface area (Å²) in [5.41, 5.74) is 23.7. The maximum atomic E-state index is 7.48. The molecule has 0 saturated carbocycles. The number of benzene rings is 9. The lowest BCUT2D eigenvalue weighted by molar-refractivity contribution is 0.488. The molecule has 2 aliphatic carbocycles. The fourth-order valence-electron chi connectivity index (χ4n) is 13.2. The largest absolute Gasteiger partial charge is 0.458 e. The van der Waals surface area contributed by atoms with Crippen LogP contribution in [-0.4, -0.2) is 15.8 Å². The molecule has 0 bridgehead atoms. The van der Waals surface area contributed by atoms with Gasteiger partial charge in [0.1, 0.15) is 11.5 Å². The number of ether oxygens (including phenoxy) is 1. The third-order valence-electron chi connectivity index (χ3n) is 16.1. The van der Waals surface area contributed by atoms with Crippen LogP contribution in [0.1, 0.15) is 74.9 Å². The molecule has 4 aliphatic rings. The SMILES string of the molecule is CC(C)(C)c1cc(-n2c3ccccc3c3cc4c5c(c6ccccc6n5-c5cccc6c5B4c4ccc5c(c4O6)-c4ccccc4C54c5ccccc5-c5ccccc54)c32)cc(C(C)(C)C)c1. The molecule has 0 atom stereocenters. The van der Waals surface area contributed by atoms with Crippen LogP contribution in [0.4, 0.5) is 0 Å². The fourth-order valence-corrected chi connectivity index (χ4v) is 13.2. The van der Waals surface area contributed by atoms with E-state index in [1.54, 1.807) is 0 Å². The first kappa shape index (κ1) is 37.6. The van der Waals surface area contributed by atoms with Gasteiger partial charge in [-0.15, -0.1) is 0 Å². The van der Waals surface area contributed by atoms with Gasteiger partial charge in [-0.25, -0.2) is 0 Å². The Morgan fingerprint density at radius 3 is 1.72 bits per heavy atom. The molecule has 11 aromatic rings. The smallest absolute Gasteiger partial charge is 0.256 e. The van der Waals surface area contributed by atoms with Crippen LogP contribution in [-0.2, 0) is 16.2 Å². The van der Waals surface area contributed by atoms with Gasteiger partial charge in [0.2, 0.25) is 0 Å². The zero-order valence-electron chi connectivity index (χ0n) is 38.6. The molecule has 4 heteroatoms. The summed E-state index contributed by atoms with van der Waals surface area (Å²) in [6.45, 7) is 14.0. The molecule has 2 aromatic heterocycles. The van der Waals surface area contributed by atoms with Crippen molar-refractivity contribution >= 4 is 66.7 Å². The van der Waals surface area contributed by atoms with Crippen LogP contribution in [0, 0.1) is 0 Å². The minimum absolute atomic E-state index is 0.0309. The van der Waals surface area contributed by atoms with Crippen molar-refractivity contribution in [1.82, 2.24) is 9.13 Å². The molecule has 3 nitrogen and oxygen atoms in total. The predicted octanol–water partition coefficient (Wildman–Crippen LogP) is 13.8. The fraction of sp³-hybridized carbons (Fsp3) is 0.143. The van der Waals surface area contributed by atoms with Gasteiger partial charge in [-0.3, -0.25) is 0 Å². The summed E-state index contributed by atoms with van der Waals surface area (Å²) in [6.07, 6.45) is 0. The molecular formula is C63H47BN2O. The highest BCUT2D eigenvalue weighted by Gasteiger charge is 2.54. The van der Waals surface area contributed by atoms with Crippen LogP contribution in [0.25, 0.3) is 77.2 Å². The van der Waals surface area contributed by atoms with Crippen LogP contribution >= 0.6 is 0 Å². The molecule has 0 saturated heterocycles. The van der Waals surface area contributed by atoms with Gasteiger partial charge < -0.3 is 13.9 Å². The van der Waals surface area contributed by atoms with Crippen molar-refractivity contribution < 1.29 is 4.74 Å². The van der Waals surface area contributed by atoms with E-state index in [4.69, 9.17) is 4.74 Å². The number of hydrogen-bond acceptors (Lipinski definition) is 1. The topological polar surface area (TPSA) is 19.1 Å². The highest BCUT2D eigenvalue weighted by molar-refractivity contribution is 6.99. The lowest BCUT2D eigenvalue weighted by atomic mass is 9.34. The third-order valence-corrected chi connectivity index (χ3v) is 16.1. The first-order chi connectivity index (χ1) is 32.5. The van der Waals surface area contributed by atoms with Gasteiger partial charge in [-0.2, -0.15) is 0 Å². The van der Waals surface area contributed by atoms with E-state index in [-0.39, 0.29) is 17.5 Å². The number of hydrogen-bond donors (Lipinski definition) is 0. The number of para-hydroxylation sites is 2. The van der Waals surface area contributed by atoms with Gasteiger partial charge >= 0.3 is 0 Å². The summed E-state index contributed by atoms with van der Waals surface area (Å²) < 4.78 is 12.6.